The van der Waals surface area contributed by atoms with E-state index < -0.39 is 11.5 Å². The fourth-order valence-corrected chi connectivity index (χ4v) is 0.871. The van der Waals surface area contributed by atoms with Crippen molar-refractivity contribution in [3.05, 3.63) is 0 Å². The molecule has 14 heavy (non-hydrogen) atoms. The Hall–Kier alpha value is -1.10. The summed E-state index contributed by atoms with van der Waals surface area (Å²) in [5.41, 5.74) is 5.12. The summed E-state index contributed by atoms with van der Waals surface area (Å²) in [6, 6.07) is 0. The molecular weight excluding hydrogens is 184 g/mol. The van der Waals surface area contributed by atoms with Gasteiger partial charge in [-0.3, -0.25) is 9.59 Å². The van der Waals surface area contributed by atoms with Gasteiger partial charge in [-0.25, -0.2) is 0 Å². The first kappa shape index (κ1) is 12.9. The van der Waals surface area contributed by atoms with Crippen LogP contribution in [0.4, 0.5) is 0 Å². The van der Waals surface area contributed by atoms with Gasteiger partial charge in [-0.1, -0.05) is 0 Å². The van der Waals surface area contributed by atoms with E-state index in [1.807, 2.05) is 0 Å². The summed E-state index contributed by atoms with van der Waals surface area (Å²) in [6.45, 7) is 3.49. The number of hydrogen-bond donors (Lipinski definition) is 1. The molecule has 0 atom stereocenters. The highest BCUT2D eigenvalue weighted by atomic mass is 16.5. The summed E-state index contributed by atoms with van der Waals surface area (Å²) in [6.07, 6.45) is 0.209. The van der Waals surface area contributed by atoms with E-state index in [4.69, 9.17) is 5.73 Å². The smallest absolute Gasteiger partial charge is 0.325 e. The second-order valence-corrected chi connectivity index (χ2v) is 3.99. The maximum absolute atomic E-state index is 11.4. The Bertz CT molecular complexity index is 221. The van der Waals surface area contributed by atoms with Crippen LogP contribution in [0, 0.1) is 0 Å². The number of likely N-dealkylation sites (N-methyl/N-ethyl adjacent to an activating group) is 1. The lowest BCUT2D eigenvalue weighted by Crippen LogP contribution is -2.41. The fraction of sp³-hybridized carbons (Fsp3) is 0.778. The number of nitrogens with zero attached hydrogens (tertiary/aromatic N) is 1. The molecule has 0 heterocycles. The molecule has 0 aromatic rings. The molecule has 5 nitrogen and oxygen atoms in total. The van der Waals surface area contributed by atoms with Crippen molar-refractivity contribution in [3.63, 3.8) is 0 Å². The molecule has 0 aliphatic rings. The summed E-state index contributed by atoms with van der Waals surface area (Å²) < 4.78 is 4.44. The third-order valence-electron chi connectivity index (χ3n) is 1.63. The Morgan fingerprint density at radius 2 is 1.93 bits per heavy atom. The molecule has 2 N–H and O–H groups in total. The lowest BCUT2D eigenvalue weighted by Gasteiger charge is -2.22. The molecule has 0 saturated heterocycles. The van der Waals surface area contributed by atoms with E-state index >= 15 is 0 Å². The van der Waals surface area contributed by atoms with Crippen molar-refractivity contribution in [2.24, 2.45) is 5.73 Å². The lowest BCUT2D eigenvalue weighted by atomic mass is 10.0. The fourth-order valence-electron chi connectivity index (χ4n) is 0.871. The molecule has 1 amide bonds. The highest BCUT2D eigenvalue weighted by Gasteiger charge is 2.20. The second-order valence-electron chi connectivity index (χ2n) is 3.99. The Morgan fingerprint density at radius 1 is 1.43 bits per heavy atom. The van der Waals surface area contributed by atoms with Gasteiger partial charge >= 0.3 is 5.97 Å². The van der Waals surface area contributed by atoms with E-state index in [1.165, 1.54) is 12.0 Å². The van der Waals surface area contributed by atoms with E-state index in [1.54, 1.807) is 20.9 Å². The summed E-state index contributed by atoms with van der Waals surface area (Å²) in [4.78, 5) is 23.6. The number of amides is 1. The van der Waals surface area contributed by atoms with E-state index in [2.05, 4.69) is 4.74 Å². The monoisotopic (exact) mass is 202 g/mol. The summed E-state index contributed by atoms with van der Waals surface area (Å²) >= 11 is 0. The number of esters is 1. The van der Waals surface area contributed by atoms with Gasteiger partial charge in [0.05, 0.1) is 7.11 Å². The molecule has 0 spiro atoms. The Labute approximate surface area is 84.2 Å². The normalized spacial score (nSPS) is 10.9. The standard InChI is InChI=1S/C9H18N2O3/c1-9(2,10)5-7(12)11(3)6-8(13)14-4/h5-6,10H2,1-4H3. The van der Waals surface area contributed by atoms with E-state index in [0.717, 1.165) is 0 Å². The Kier molecular flexibility index (Phi) is 4.56. The molecule has 0 aliphatic carbocycles. The van der Waals surface area contributed by atoms with Crippen molar-refractivity contribution in [2.45, 2.75) is 25.8 Å². The van der Waals surface area contributed by atoms with Gasteiger partial charge in [-0.2, -0.15) is 0 Å². The first-order valence-electron chi connectivity index (χ1n) is 4.36. The van der Waals surface area contributed by atoms with Crippen molar-refractivity contribution < 1.29 is 14.3 Å². The quantitative estimate of drug-likeness (QED) is 0.638. The minimum absolute atomic E-state index is 0.0363. The van der Waals surface area contributed by atoms with Crippen LogP contribution in [0.15, 0.2) is 0 Å². The van der Waals surface area contributed by atoms with Crippen LogP contribution in [0.5, 0.6) is 0 Å². The van der Waals surface area contributed by atoms with Gasteiger partial charge < -0.3 is 15.4 Å². The molecule has 0 bridgehead atoms. The maximum atomic E-state index is 11.4. The molecule has 5 heteroatoms. The average molecular weight is 202 g/mol. The van der Waals surface area contributed by atoms with Gasteiger partial charge in [-0.05, 0) is 13.8 Å². The molecule has 0 radical (unpaired) electrons. The van der Waals surface area contributed by atoms with Crippen LogP contribution in [-0.4, -0.2) is 43.0 Å². The van der Waals surface area contributed by atoms with Gasteiger partial charge in [0.15, 0.2) is 0 Å². The van der Waals surface area contributed by atoms with Gasteiger partial charge in [0.2, 0.25) is 5.91 Å². The first-order valence-corrected chi connectivity index (χ1v) is 4.36. The van der Waals surface area contributed by atoms with Crippen LogP contribution in [0.25, 0.3) is 0 Å². The van der Waals surface area contributed by atoms with Crippen LogP contribution < -0.4 is 5.73 Å². The highest BCUT2D eigenvalue weighted by Crippen LogP contribution is 2.05. The molecule has 0 rings (SSSR count). The average Bonchev–Trinajstić information content (AvgIpc) is 2.00. The molecule has 0 saturated carbocycles. The number of carbonyl (C=O) groups excluding carboxylic acids is 2. The molecule has 0 aromatic heterocycles. The number of methoxy groups -OCH3 is 1. The van der Waals surface area contributed by atoms with Crippen LogP contribution in [0.1, 0.15) is 20.3 Å². The lowest BCUT2D eigenvalue weighted by molar-refractivity contribution is -0.146. The zero-order valence-electron chi connectivity index (χ0n) is 9.16. The molecular formula is C9H18N2O3. The van der Waals surface area contributed by atoms with Crippen molar-refractivity contribution in [1.82, 2.24) is 4.90 Å². The number of rotatable bonds is 4. The van der Waals surface area contributed by atoms with E-state index in [-0.39, 0.29) is 18.9 Å². The maximum Gasteiger partial charge on any atom is 0.325 e. The largest absolute Gasteiger partial charge is 0.468 e. The number of nitrogens with two attached hydrogens (primary N) is 1. The molecule has 0 aliphatic heterocycles. The third-order valence-corrected chi connectivity index (χ3v) is 1.63. The molecule has 0 fully saturated rings. The zero-order chi connectivity index (χ0) is 11.4. The number of hydrogen-bond acceptors (Lipinski definition) is 4. The molecule has 82 valence electrons. The summed E-state index contributed by atoms with van der Waals surface area (Å²) in [7, 11) is 2.83. The summed E-state index contributed by atoms with van der Waals surface area (Å²) in [5.74, 6) is -0.599. The number of carbonyl (C=O) groups is 2. The minimum atomic E-state index is -0.554. The summed E-state index contributed by atoms with van der Waals surface area (Å²) in [5, 5.41) is 0. The van der Waals surface area contributed by atoms with Crippen molar-refractivity contribution in [1.29, 1.82) is 0 Å². The zero-order valence-corrected chi connectivity index (χ0v) is 9.16. The van der Waals surface area contributed by atoms with Crippen LogP contribution in [-0.2, 0) is 14.3 Å². The van der Waals surface area contributed by atoms with Gasteiger partial charge in [0.1, 0.15) is 6.54 Å². The Morgan fingerprint density at radius 3 is 2.29 bits per heavy atom. The van der Waals surface area contributed by atoms with Gasteiger partial charge in [-0.15, -0.1) is 0 Å². The van der Waals surface area contributed by atoms with Crippen molar-refractivity contribution in [3.8, 4) is 0 Å². The molecule has 0 unspecified atom stereocenters. The predicted molar refractivity (Wildman–Crippen MR) is 52.5 cm³/mol. The topological polar surface area (TPSA) is 72.6 Å². The predicted octanol–water partition coefficient (Wildman–Crippen LogP) is -0.255. The highest BCUT2D eigenvalue weighted by molar-refractivity contribution is 5.82. The second kappa shape index (κ2) is 4.95. The van der Waals surface area contributed by atoms with Crippen LogP contribution in [0.2, 0.25) is 0 Å². The van der Waals surface area contributed by atoms with Crippen molar-refractivity contribution in [2.75, 3.05) is 20.7 Å². The van der Waals surface area contributed by atoms with E-state index in [0.29, 0.717) is 0 Å². The molecule has 0 aromatic carbocycles. The SMILES string of the molecule is COC(=O)CN(C)C(=O)CC(C)(C)N. The van der Waals surface area contributed by atoms with Gasteiger partial charge in [0.25, 0.3) is 0 Å². The van der Waals surface area contributed by atoms with Crippen LogP contribution in [0.3, 0.4) is 0 Å². The number of ether oxygens (including phenoxy) is 1. The third kappa shape index (κ3) is 5.53. The van der Waals surface area contributed by atoms with Crippen molar-refractivity contribution >= 4 is 11.9 Å². The minimum Gasteiger partial charge on any atom is -0.468 e. The van der Waals surface area contributed by atoms with Crippen LogP contribution >= 0.6 is 0 Å². The first-order chi connectivity index (χ1) is 6.26. The van der Waals surface area contributed by atoms with Gasteiger partial charge in [0, 0.05) is 19.0 Å². The van der Waals surface area contributed by atoms with E-state index in [9.17, 15) is 9.59 Å². The Balaban J connectivity index is 4.07.